The van der Waals surface area contributed by atoms with Crippen LogP contribution in [-0.4, -0.2) is 41.2 Å². The van der Waals surface area contributed by atoms with Crippen LogP contribution in [0.2, 0.25) is 5.02 Å². The molecule has 130 valence electrons. The largest absolute Gasteiger partial charge is 0.339 e. The first-order valence-electron chi connectivity index (χ1n) is 7.97. The molecule has 0 atom stereocenters. The molecule has 2 aromatic rings. The second-order valence-electron chi connectivity index (χ2n) is 6.20. The van der Waals surface area contributed by atoms with Gasteiger partial charge in [-0.25, -0.2) is 12.7 Å². The third kappa shape index (κ3) is 3.34. The van der Waals surface area contributed by atoms with Gasteiger partial charge in [-0.3, -0.25) is 0 Å². The molecule has 8 heteroatoms. The van der Waals surface area contributed by atoms with Crippen LogP contribution in [0.3, 0.4) is 0 Å². The minimum absolute atomic E-state index is 0.0762. The van der Waals surface area contributed by atoms with Crippen molar-refractivity contribution in [2.75, 3.05) is 13.1 Å². The van der Waals surface area contributed by atoms with E-state index < -0.39 is 15.3 Å². The Balaban J connectivity index is 1.71. The Bertz CT molecular complexity index is 811. The Morgan fingerprint density at radius 3 is 2.54 bits per heavy atom. The molecular formula is C16H20ClN3O3S. The van der Waals surface area contributed by atoms with Gasteiger partial charge in [-0.1, -0.05) is 28.9 Å². The van der Waals surface area contributed by atoms with Gasteiger partial charge < -0.3 is 4.52 Å². The smallest absolute Gasteiger partial charge is 0.230 e. The Morgan fingerprint density at radius 1 is 1.25 bits per heavy atom. The van der Waals surface area contributed by atoms with Crippen LogP contribution in [0, 0.1) is 0 Å². The molecule has 0 bridgehead atoms. The van der Waals surface area contributed by atoms with E-state index in [0.29, 0.717) is 42.7 Å². The van der Waals surface area contributed by atoms with E-state index >= 15 is 0 Å². The molecule has 1 fully saturated rings. The highest BCUT2D eigenvalue weighted by atomic mass is 35.5. The summed E-state index contributed by atoms with van der Waals surface area (Å²) >= 11 is 6.16. The van der Waals surface area contributed by atoms with E-state index in [-0.39, 0.29) is 5.92 Å². The fourth-order valence-electron chi connectivity index (χ4n) is 2.81. The zero-order valence-electron chi connectivity index (χ0n) is 13.6. The second-order valence-corrected chi connectivity index (χ2v) is 9.10. The van der Waals surface area contributed by atoms with Crippen molar-refractivity contribution in [3.8, 4) is 11.4 Å². The number of benzene rings is 1. The van der Waals surface area contributed by atoms with Crippen LogP contribution in [0.15, 0.2) is 28.8 Å². The summed E-state index contributed by atoms with van der Waals surface area (Å²) in [5, 5.41) is 4.19. The zero-order chi connectivity index (χ0) is 17.3. The first-order chi connectivity index (χ1) is 11.4. The summed E-state index contributed by atoms with van der Waals surface area (Å²) in [6.07, 6.45) is 1.35. The molecule has 0 spiro atoms. The topological polar surface area (TPSA) is 76.3 Å². The molecular weight excluding hydrogens is 350 g/mol. The number of aromatic nitrogens is 2. The maximum absolute atomic E-state index is 12.2. The van der Waals surface area contributed by atoms with Gasteiger partial charge in [0.25, 0.3) is 0 Å². The van der Waals surface area contributed by atoms with Gasteiger partial charge in [0.05, 0.1) is 10.3 Å². The van der Waals surface area contributed by atoms with Crippen LogP contribution >= 0.6 is 11.6 Å². The number of nitrogens with zero attached hydrogens (tertiary/aromatic N) is 3. The minimum Gasteiger partial charge on any atom is -0.339 e. The van der Waals surface area contributed by atoms with Crippen LogP contribution in [0.5, 0.6) is 0 Å². The molecule has 1 aromatic heterocycles. The van der Waals surface area contributed by atoms with Gasteiger partial charge in [0, 0.05) is 24.6 Å². The highest BCUT2D eigenvalue weighted by Crippen LogP contribution is 2.31. The lowest BCUT2D eigenvalue weighted by Gasteiger charge is -2.30. The predicted octanol–water partition coefficient (Wildman–Crippen LogP) is 3.31. The maximum Gasteiger partial charge on any atom is 0.230 e. The third-order valence-electron chi connectivity index (χ3n) is 4.32. The minimum atomic E-state index is -3.20. The van der Waals surface area contributed by atoms with Gasteiger partial charge >= 0.3 is 0 Å². The lowest BCUT2D eigenvalue weighted by Crippen LogP contribution is -2.41. The molecule has 24 heavy (non-hydrogen) atoms. The summed E-state index contributed by atoms with van der Waals surface area (Å²) in [7, 11) is -3.20. The Labute approximate surface area is 146 Å². The highest BCUT2D eigenvalue weighted by Gasteiger charge is 2.32. The van der Waals surface area contributed by atoms with Gasteiger partial charge in [0.2, 0.25) is 21.7 Å². The molecule has 1 saturated heterocycles. The van der Waals surface area contributed by atoms with Gasteiger partial charge in [-0.05, 0) is 38.8 Å². The Kier molecular flexibility index (Phi) is 4.94. The van der Waals surface area contributed by atoms with Crippen LogP contribution in [0.25, 0.3) is 11.4 Å². The van der Waals surface area contributed by atoms with Crippen molar-refractivity contribution in [2.24, 2.45) is 0 Å². The predicted molar refractivity (Wildman–Crippen MR) is 92.3 cm³/mol. The van der Waals surface area contributed by atoms with Gasteiger partial charge in [0.1, 0.15) is 0 Å². The van der Waals surface area contributed by atoms with E-state index in [1.807, 2.05) is 18.2 Å². The van der Waals surface area contributed by atoms with E-state index in [4.69, 9.17) is 16.1 Å². The number of piperidine rings is 1. The molecule has 3 rings (SSSR count). The van der Waals surface area contributed by atoms with E-state index in [1.54, 1.807) is 24.2 Å². The number of sulfonamides is 1. The monoisotopic (exact) mass is 369 g/mol. The molecule has 0 N–H and O–H groups in total. The molecule has 0 amide bonds. The molecule has 1 aliphatic heterocycles. The summed E-state index contributed by atoms with van der Waals surface area (Å²) in [6, 6.07) is 7.33. The van der Waals surface area contributed by atoms with E-state index in [9.17, 15) is 8.42 Å². The fraction of sp³-hybridized carbons (Fsp3) is 0.500. The van der Waals surface area contributed by atoms with Crippen molar-refractivity contribution in [1.29, 1.82) is 0 Å². The lowest BCUT2D eigenvalue weighted by molar-refractivity contribution is 0.269. The number of hydrogen-bond acceptors (Lipinski definition) is 5. The van der Waals surface area contributed by atoms with Crippen LogP contribution in [-0.2, 0) is 10.0 Å². The average molecular weight is 370 g/mol. The van der Waals surface area contributed by atoms with Crippen LogP contribution < -0.4 is 0 Å². The standard InChI is InChI=1S/C16H20ClN3O3S/c1-11(2)24(21,22)20-9-7-12(8-10-20)16-18-15(19-23-16)13-5-3-4-6-14(13)17/h3-6,11-12H,7-10H2,1-2H3. The van der Waals surface area contributed by atoms with Crippen molar-refractivity contribution in [3.05, 3.63) is 35.2 Å². The summed E-state index contributed by atoms with van der Waals surface area (Å²) in [6.45, 7) is 4.37. The second kappa shape index (κ2) is 6.82. The van der Waals surface area contributed by atoms with Crippen molar-refractivity contribution < 1.29 is 12.9 Å². The first kappa shape index (κ1) is 17.4. The maximum atomic E-state index is 12.2. The number of hydrogen-bond donors (Lipinski definition) is 0. The molecule has 0 aliphatic carbocycles. The van der Waals surface area contributed by atoms with Gasteiger partial charge in [0.15, 0.2) is 0 Å². The quantitative estimate of drug-likeness (QED) is 0.826. The van der Waals surface area contributed by atoms with Crippen LogP contribution in [0.1, 0.15) is 38.5 Å². The summed E-state index contributed by atoms with van der Waals surface area (Å²) < 4.78 is 31.4. The molecule has 0 unspecified atom stereocenters. The highest BCUT2D eigenvalue weighted by molar-refractivity contribution is 7.89. The lowest BCUT2D eigenvalue weighted by atomic mass is 9.98. The SMILES string of the molecule is CC(C)S(=O)(=O)N1CCC(c2nc(-c3ccccc3Cl)no2)CC1. The van der Waals surface area contributed by atoms with Crippen LogP contribution in [0.4, 0.5) is 0 Å². The molecule has 0 radical (unpaired) electrons. The molecule has 6 nitrogen and oxygen atoms in total. The fourth-order valence-corrected chi connectivity index (χ4v) is 4.34. The summed E-state index contributed by atoms with van der Waals surface area (Å²) in [5.41, 5.74) is 0.731. The van der Waals surface area contributed by atoms with Crippen molar-refractivity contribution in [1.82, 2.24) is 14.4 Å². The van der Waals surface area contributed by atoms with Gasteiger partial charge in [-0.2, -0.15) is 4.98 Å². The van der Waals surface area contributed by atoms with Gasteiger partial charge in [-0.15, -0.1) is 0 Å². The third-order valence-corrected chi connectivity index (χ3v) is 6.92. The average Bonchev–Trinajstić information content (AvgIpc) is 3.05. The number of rotatable bonds is 4. The molecule has 1 aliphatic rings. The van der Waals surface area contributed by atoms with Crippen molar-refractivity contribution in [2.45, 2.75) is 37.9 Å². The molecule has 1 aromatic carbocycles. The van der Waals surface area contributed by atoms with Crippen molar-refractivity contribution in [3.63, 3.8) is 0 Å². The number of halogens is 1. The summed E-state index contributed by atoms with van der Waals surface area (Å²) in [4.78, 5) is 4.46. The Hall–Kier alpha value is -1.44. The van der Waals surface area contributed by atoms with E-state index in [1.165, 1.54) is 0 Å². The first-order valence-corrected chi connectivity index (χ1v) is 9.85. The van der Waals surface area contributed by atoms with Crippen molar-refractivity contribution >= 4 is 21.6 Å². The molecule has 2 heterocycles. The van der Waals surface area contributed by atoms with E-state index in [0.717, 1.165) is 5.56 Å². The Morgan fingerprint density at radius 2 is 1.92 bits per heavy atom. The zero-order valence-corrected chi connectivity index (χ0v) is 15.2. The summed E-state index contributed by atoms with van der Waals surface area (Å²) in [5.74, 6) is 1.09. The molecule has 0 saturated carbocycles. The normalized spacial score (nSPS) is 17.5. The van der Waals surface area contributed by atoms with E-state index in [2.05, 4.69) is 10.1 Å².